The molecule has 0 spiro atoms. The van der Waals surface area contributed by atoms with Crippen LogP contribution in [0.15, 0.2) is 0 Å². The van der Waals surface area contributed by atoms with Crippen molar-refractivity contribution in [2.24, 2.45) is 0 Å². The highest BCUT2D eigenvalue weighted by molar-refractivity contribution is 6.66. The van der Waals surface area contributed by atoms with Gasteiger partial charge in [0.05, 0.1) is 0 Å². The highest BCUT2D eigenvalue weighted by Crippen LogP contribution is 2.42. The Morgan fingerprint density at radius 3 is 2.26 bits per heavy atom. The minimum absolute atomic E-state index is 0.130. The van der Waals surface area contributed by atoms with Crippen molar-refractivity contribution in [3.8, 4) is 0 Å². The zero-order valence-electron chi connectivity index (χ0n) is 12.1. The summed E-state index contributed by atoms with van der Waals surface area (Å²) in [6.07, 6.45) is -0.585. The second-order valence-electron chi connectivity index (χ2n) is 5.05. The van der Waals surface area contributed by atoms with Gasteiger partial charge in [-0.25, -0.2) is 0 Å². The molecule has 2 unspecified atom stereocenters. The van der Waals surface area contributed by atoms with Crippen molar-refractivity contribution >= 4 is 8.72 Å². The third-order valence-corrected chi connectivity index (χ3v) is 8.10. The first-order chi connectivity index (χ1) is 8.83. The van der Waals surface area contributed by atoms with Gasteiger partial charge in [-0.2, -0.15) is 13.2 Å². The second kappa shape index (κ2) is 6.56. The molecule has 2 atom stereocenters. The first kappa shape index (κ1) is 16.9. The number of piperidine rings is 1. The molecule has 7 heteroatoms. The molecule has 1 rings (SSSR count). The summed E-state index contributed by atoms with van der Waals surface area (Å²) in [5.41, 5.74) is -1.57. The van der Waals surface area contributed by atoms with Gasteiger partial charge in [-0.05, 0) is 25.8 Å². The second-order valence-corrected chi connectivity index (χ2v) is 8.57. The molecule has 0 aromatic heterocycles. The van der Waals surface area contributed by atoms with Crippen molar-refractivity contribution in [2.75, 3.05) is 20.8 Å². The van der Waals surface area contributed by atoms with E-state index in [9.17, 15) is 13.2 Å². The van der Waals surface area contributed by atoms with E-state index in [1.807, 2.05) is 11.5 Å². The fourth-order valence-electron chi connectivity index (χ4n) is 2.96. The monoisotopic (exact) mass is 299 g/mol. The Morgan fingerprint density at radius 2 is 1.84 bits per heavy atom. The van der Waals surface area contributed by atoms with Crippen molar-refractivity contribution < 1.29 is 22.0 Å². The molecule has 0 radical (unpaired) electrons. The van der Waals surface area contributed by atoms with Gasteiger partial charge in [0, 0.05) is 20.3 Å². The van der Waals surface area contributed by atoms with Crippen LogP contribution in [-0.4, -0.2) is 46.3 Å². The fourth-order valence-corrected chi connectivity index (χ4v) is 6.51. The Morgan fingerprint density at radius 1 is 1.26 bits per heavy atom. The topological polar surface area (TPSA) is 21.7 Å². The standard InChI is InChI=1S/C12H24F3NO2Si/c1-5-11-8-6-7-9-16(11)19(17-3,18-4)10(2)12(13,14)15/h10-11H,5-9H2,1-4H3. The smallest absolute Gasteiger partial charge is 0.386 e. The SMILES string of the molecule is CCC1CCCCN1[Si](OC)(OC)C(C)C(F)(F)F. The number of alkyl halides is 3. The molecule has 0 bridgehead atoms. The summed E-state index contributed by atoms with van der Waals surface area (Å²) in [6.45, 7) is 3.82. The van der Waals surface area contributed by atoms with Gasteiger partial charge in [-0.3, -0.25) is 4.57 Å². The van der Waals surface area contributed by atoms with E-state index in [4.69, 9.17) is 8.85 Å². The predicted octanol–water partition coefficient (Wildman–Crippen LogP) is 3.44. The Kier molecular flexibility index (Phi) is 5.85. The maximum Gasteiger partial charge on any atom is 0.439 e. The van der Waals surface area contributed by atoms with Gasteiger partial charge in [0.25, 0.3) is 0 Å². The summed E-state index contributed by atoms with van der Waals surface area (Å²) in [6, 6.07) is 0.130. The molecule has 1 saturated heterocycles. The largest absolute Gasteiger partial charge is 0.439 e. The van der Waals surface area contributed by atoms with Crippen LogP contribution in [0.5, 0.6) is 0 Å². The van der Waals surface area contributed by atoms with Crippen molar-refractivity contribution in [1.29, 1.82) is 0 Å². The van der Waals surface area contributed by atoms with Gasteiger partial charge in [0.2, 0.25) is 0 Å². The molecule has 0 aliphatic carbocycles. The molecule has 0 aromatic rings. The number of hydrogen-bond donors (Lipinski definition) is 0. The average Bonchev–Trinajstić information content (AvgIpc) is 2.40. The lowest BCUT2D eigenvalue weighted by atomic mass is 10.0. The summed E-state index contributed by atoms with van der Waals surface area (Å²) in [4.78, 5) is 0. The zero-order valence-corrected chi connectivity index (χ0v) is 13.1. The predicted molar refractivity (Wildman–Crippen MR) is 69.9 cm³/mol. The molecular formula is C12H24F3NO2Si. The molecule has 3 nitrogen and oxygen atoms in total. The maximum absolute atomic E-state index is 13.2. The van der Waals surface area contributed by atoms with E-state index in [0.717, 1.165) is 25.7 Å². The van der Waals surface area contributed by atoms with Crippen LogP contribution in [0.3, 0.4) is 0 Å². The van der Waals surface area contributed by atoms with Crippen LogP contribution in [0.4, 0.5) is 13.2 Å². The molecule has 0 saturated carbocycles. The lowest BCUT2D eigenvalue weighted by Crippen LogP contribution is -2.66. The van der Waals surface area contributed by atoms with E-state index < -0.39 is 20.4 Å². The van der Waals surface area contributed by atoms with E-state index in [1.165, 1.54) is 21.1 Å². The summed E-state index contributed by atoms with van der Waals surface area (Å²) in [7, 11) is -0.764. The summed E-state index contributed by atoms with van der Waals surface area (Å²) < 4.78 is 52.1. The first-order valence-corrected chi connectivity index (χ1v) is 8.61. The van der Waals surface area contributed by atoms with Gasteiger partial charge >= 0.3 is 14.9 Å². The Balaban J connectivity index is 3.09. The van der Waals surface area contributed by atoms with E-state index in [1.54, 1.807) is 0 Å². The number of nitrogens with zero attached hydrogens (tertiary/aromatic N) is 1. The number of halogens is 3. The molecule has 19 heavy (non-hydrogen) atoms. The number of rotatable bonds is 5. The van der Waals surface area contributed by atoms with E-state index in [2.05, 4.69) is 0 Å². The van der Waals surface area contributed by atoms with Crippen LogP contribution in [0.25, 0.3) is 0 Å². The molecular weight excluding hydrogens is 275 g/mol. The van der Waals surface area contributed by atoms with Gasteiger partial charge in [0.1, 0.15) is 5.54 Å². The molecule has 1 aliphatic heterocycles. The molecule has 1 fully saturated rings. The quantitative estimate of drug-likeness (QED) is 0.726. The van der Waals surface area contributed by atoms with Crippen LogP contribution in [0.1, 0.15) is 39.5 Å². The Labute approximate surface area is 114 Å². The zero-order chi connectivity index (χ0) is 14.7. The average molecular weight is 299 g/mol. The maximum atomic E-state index is 13.2. The third kappa shape index (κ3) is 3.32. The van der Waals surface area contributed by atoms with E-state index >= 15 is 0 Å². The van der Waals surface area contributed by atoms with Gasteiger partial charge in [0.15, 0.2) is 0 Å². The lowest BCUT2D eigenvalue weighted by molar-refractivity contribution is -0.142. The minimum atomic E-state index is -4.30. The van der Waals surface area contributed by atoms with Crippen LogP contribution >= 0.6 is 0 Å². The van der Waals surface area contributed by atoms with Crippen LogP contribution in [0.2, 0.25) is 5.54 Å². The van der Waals surface area contributed by atoms with Crippen molar-refractivity contribution in [1.82, 2.24) is 4.57 Å². The summed E-state index contributed by atoms with van der Waals surface area (Å²) in [5.74, 6) is 0. The van der Waals surface area contributed by atoms with Gasteiger partial charge in [-0.1, -0.05) is 20.3 Å². The fraction of sp³-hybridized carbons (Fsp3) is 1.00. The molecule has 1 heterocycles. The molecule has 114 valence electrons. The highest BCUT2D eigenvalue weighted by Gasteiger charge is 2.61. The van der Waals surface area contributed by atoms with E-state index in [0.29, 0.717) is 6.54 Å². The van der Waals surface area contributed by atoms with Crippen LogP contribution in [-0.2, 0) is 8.85 Å². The van der Waals surface area contributed by atoms with Crippen molar-refractivity contribution in [2.45, 2.75) is 57.3 Å². The van der Waals surface area contributed by atoms with Gasteiger partial charge in [-0.15, -0.1) is 0 Å². The molecule has 0 aromatic carbocycles. The Bertz CT molecular complexity index is 285. The van der Waals surface area contributed by atoms with Crippen LogP contribution in [0, 0.1) is 0 Å². The minimum Gasteiger partial charge on any atom is -0.386 e. The van der Waals surface area contributed by atoms with Gasteiger partial charge < -0.3 is 8.85 Å². The normalized spacial score (nSPS) is 24.5. The van der Waals surface area contributed by atoms with E-state index in [-0.39, 0.29) is 6.04 Å². The summed E-state index contributed by atoms with van der Waals surface area (Å²) >= 11 is 0. The van der Waals surface area contributed by atoms with Crippen molar-refractivity contribution in [3.05, 3.63) is 0 Å². The summed E-state index contributed by atoms with van der Waals surface area (Å²) in [5, 5.41) is 0. The first-order valence-electron chi connectivity index (χ1n) is 6.77. The lowest BCUT2D eigenvalue weighted by Gasteiger charge is -2.47. The third-order valence-electron chi connectivity index (χ3n) is 4.12. The Hall–Kier alpha value is -0.113. The highest BCUT2D eigenvalue weighted by atomic mass is 28.4. The van der Waals surface area contributed by atoms with Crippen LogP contribution < -0.4 is 0 Å². The number of hydrogen-bond acceptors (Lipinski definition) is 3. The molecule has 0 N–H and O–H groups in total. The van der Waals surface area contributed by atoms with Crippen molar-refractivity contribution in [3.63, 3.8) is 0 Å². The molecule has 1 aliphatic rings. The molecule has 0 amide bonds.